The molecule has 0 atom stereocenters. The molecule has 3 rings (SSSR count). The lowest BCUT2D eigenvalue weighted by Crippen LogP contribution is -2.05. The molecule has 0 spiro atoms. The fourth-order valence-corrected chi connectivity index (χ4v) is 1.60. The van der Waals surface area contributed by atoms with E-state index in [0.717, 1.165) is 5.56 Å². The van der Waals surface area contributed by atoms with E-state index in [1.54, 1.807) is 10.9 Å². The minimum absolute atomic E-state index is 0.353. The highest BCUT2D eigenvalue weighted by atomic mass is 15.4. The van der Waals surface area contributed by atoms with Crippen LogP contribution in [0.25, 0.3) is 5.82 Å². The summed E-state index contributed by atoms with van der Waals surface area (Å²) in [6, 6.07) is 4.36. The molecule has 2 heterocycles. The van der Waals surface area contributed by atoms with Crippen molar-refractivity contribution in [2.45, 2.75) is 25.8 Å². The fourth-order valence-electron chi connectivity index (χ4n) is 1.60. The molecule has 1 aliphatic rings. The minimum atomic E-state index is 0.353. The summed E-state index contributed by atoms with van der Waals surface area (Å²) >= 11 is 0. The number of nitrogens with two attached hydrogens (primary N) is 1. The monoisotopic (exact) mass is 230 g/mol. The van der Waals surface area contributed by atoms with E-state index < -0.39 is 0 Å². The molecule has 0 radical (unpaired) electrons. The summed E-state index contributed by atoms with van der Waals surface area (Å²) in [6.45, 7) is 2.00. The number of hydrogen-bond donors (Lipinski definition) is 2. The highest BCUT2D eigenvalue weighted by molar-refractivity contribution is 5.40. The molecule has 0 aromatic carbocycles. The van der Waals surface area contributed by atoms with E-state index in [9.17, 15) is 0 Å². The Kier molecular flexibility index (Phi) is 2.21. The molecule has 0 unspecified atom stereocenters. The number of pyridine rings is 1. The van der Waals surface area contributed by atoms with Crippen molar-refractivity contribution >= 4 is 11.9 Å². The van der Waals surface area contributed by atoms with Crippen LogP contribution in [0.1, 0.15) is 18.4 Å². The predicted octanol–water partition coefficient (Wildman–Crippen LogP) is 1.13. The Morgan fingerprint density at radius 3 is 3.00 bits per heavy atom. The maximum Gasteiger partial charge on any atom is 0.244 e. The van der Waals surface area contributed by atoms with Crippen LogP contribution in [0.15, 0.2) is 18.3 Å². The largest absolute Gasteiger partial charge is 0.368 e. The maximum atomic E-state index is 5.83. The molecule has 1 fully saturated rings. The number of aryl methyl sites for hydroxylation is 1. The first-order chi connectivity index (χ1) is 8.22. The van der Waals surface area contributed by atoms with Crippen LogP contribution in [0, 0.1) is 6.92 Å². The molecule has 6 heteroatoms. The molecule has 1 saturated carbocycles. The zero-order valence-corrected chi connectivity index (χ0v) is 9.59. The van der Waals surface area contributed by atoms with E-state index >= 15 is 0 Å². The zero-order valence-electron chi connectivity index (χ0n) is 9.59. The molecule has 2 aromatic rings. The van der Waals surface area contributed by atoms with Crippen molar-refractivity contribution in [2.75, 3.05) is 11.1 Å². The van der Waals surface area contributed by atoms with Crippen molar-refractivity contribution in [3.8, 4) is 5.82 Å². The van der Waals surface area contributed by atoms with Gasteiger partial charge in [-0.2, -0.15) is 9.67 Å². The Labute approximate surface area is 98.9 Å². The van der Waals surface area contributed by atoms with Crippen LogP contribution in [0.2, 0.25) is 0 Å². The lowest BCUT2D eigenvalue weighted by Gasteiger charge is -2.01. The number of hydrogen-bond acceptors (Lipinski definition) is 5. The van der Waals surface area contributed by atoms with Gasteiger partial charge in [0.25, 0.3) is 0 Å². The summed E-state index contributed by atoms with van der Waals surface area (Å²) in [5.74, 6) is 1.62. The van der Waals surface area contributed by atoms with E-state index in [-0.39, 0.29) is 0 Å². The van der Waals surface area contributed by atoms with Crippen LogP contribution in [0.4, 0.5) is 11.9 Å². The lowest BCUT2D eigenvalue weighted by atomic mass is 10.3. The second-order valence-electron chi connectivity index (χ2n) is 4.32. The molecule has 6 nitrogen and oxygen atoms in total. The van der Waals surface area contributed by atoms with E-state index in [0.29, 0.717) is 23.8 Å². The van der Waals surface area contributed by atoms with Gasteiger partial charge in [0.05, 0.1) is 0 Å². The van der Waals surface area contributed by atoms with Gasteiger partial charge in [-0.25, -0.2) is 4.98 Å². The SMILES string of the molecule is Cc1ccnc(-n2nc(NC3CC3)nc2N)c1. The van der Waals surface area contributed by atoms with Gasteiger partial charge in [0.2, 0.25) is 11.9 Å². The highest BCUT2D eigenvalue weighted by Gasteiger charge is 2.23. The average molecular weight is 230 g/mol. The molecule has 1 aliphatic carbocycles. The van der Waals surface area contributed by atoms with Gasteiger partial charge < -0.3 is 11.1 Å². The number of rotatable bonds is 3. The Morgan fingerprint density at radius 1 is 1.47 bits per heavy atom. The van der Waals surface area contributed by atoms with Gasteiger partial charge in [-0.15, -0.1) is 5.10 Å². The quantitative estimate of drug-likeness (QED) is 0.826. The zero-order chi connectivity index (χ0) is 11.8. The van der Waals surface area contributed by atoms with Crippen molar-refractivity contribution in [2.24, 2.45) is 0 Å². The highest BCUT2D eigenvalue weighted by Crippen LogP contribution is 2.23. The third-order valence-electron chi connectivity index (χ3n) is 2.66. The molecule has 88 valence electrons. The third-order valence-corrected chi connectivity index (χ3v) is 2.66. The van der Waals surface area contributed by atoms with Crippen LogP contribution in [0.3, 0.4) is 0 Å². The molecule has 2 aromatic heterocycles. The normalized spacial score (nSPS) is 14.9. The van der Waals surface area contributed by atoms with Crippen LogP contribution < -0.4 is 11.1 Å². The summed E-state index contributed by atoms with van der Waals surface area (Å²) in [5.41, 5.74) is 6.94. The van der Waals surface area contributed by atoms with Gasteiger partial charge in [-0.05, 0) is 37.5 Å². The van der Waals surface area contributed by atoms with Gasteiger partial charge in [0.1, 0.15) is 0 Å². The Bertz CT molecular complexity index is 543. The van der Waals surface area contributed by atoms with Crippen molar-refractivity contribution < 1.29 is 0 Å². The number of nitrogen functional groups attached to an aromatic ring is 1. The van der Waals surface area contributed by atoms with Crippen molar-refractivity contribution in [3.05, 3.63) is 23.9 Å². The summed E-state index contributed by atoms with van der Waals surface area (Å²) in [6.07, 6.45) is 4.09. The molecule has 0 saturated heterocycles. The maximum absolute atomic E-state index is 5.83. The minimum Gasteiger partial charge on any atom is -0.368 e. The third kappa shape index (κ3) is 2.06. The Morgan fingerprint density at radius 2 is 2.29 bits per heavy atom. The molecular weight excluding hydrogens is 216 g/mol. The van der Waals surface area contributed by atoms with Gasteiger partial charge in [0, 0.05) is 12.2 Å². The lowest BCUT2D eigenvalue weighted by molar-refractivity contribution is 0.852. The van der Waals surface area contributed by atoms with E-state index in [1.165, 1.54) is 12.8 Å². The van der Waals surface area contributed by atoms with Crippen molar-refractivity contribution in [3.63, 3.8) is 0 Å². The molecule has 0 amide bonds. The molecule has 3 N–H and O–H groups in total. The van der Waals surface area contributed by atoms with Gasteiger partial charge in [-0.1, -0.05) is 0 Å². The van der Waals surface area contributed by atoms with Gasteiger partial charge >= 0.3 is 0 Å². The van der Waals surface area contributed by atoms with E-state index in [4.69, 9.17) is 5.73 Å². The van der Waals surface area contributed by atoms with Gasteiger partial charge in [-0.3, -0.25) is 0 Å². The first-order valence-corrected chi connectivity index (χ1v) is 5.64. The Balaban J connectivity index is 1.93. The van der Waals surface area contributed by atoms with E-state index in [1.807, 2.05) is 19.1 Å². The summed E-state index contributed by atoms with van der Waals surface area (Å²) in [5, 5.41) is 7.52. The number of anilines is 2. The fraction of sp³-hybridized carbons (Fsp3) is 0.364. The molecule has 17 heavy (non-hydrogen) atoms. The number of nitrogens with zero attached hydrogens (tertiary/aromatic N) is 4. The summed E-state index contributed by atoms with van der Waals surface area (Å²) in [7, 11) is 0. The number of nitrogens with one attached hydrogen (secondary N) is 1. The first kappa shape index (κ1) is 10.1. The van der Waals surface area contributed by atoms with Crippen molar-refractivity contribution in [1.29, 1.82) is 0 Å². The summed E-state index contributed by atoms with van der Waals surface area (Å²) < 4.78 is 1.55. The second kappa shape index (κ2) is 3.73. The van der Waals surface area contributed by atoms with Crippen LogP contribution in [0.5, 0.6) is 0 Å². The molecule has 0 bridgehead atoms. The first-order valence-electron chi connectivity index (χ1n) is 5.64. The number of aromatic nitrogens is 4. The Hall–Kier alpha value is -2.11. The standard InChI is InChI=1S/C11H14N6/c1-7-4-5-13-9(6-7)17-10(12)15-11(16-17)14-8-2-3-8/h4-6,8H,2-3H2,1H3,(H3,12,14,15,16). The average Bonchev–Trinajstić information content (AvgIpc) is 3.01. The second-order valence-corrected chi connectivity index (χ2v) is 4.32. The topological polar surface area (TPSA) is 81.7 Å². The predicted molar refractivity (Wildman–Crippen MR) is 64.9 cm³/mol. The molecule has 0 aliphatic heterocycles. The smallest absolute Gasteiger partial charge is 0.244 e. The van der Waals surface area contributed by atoms with Crippen LogP contribution in [-0.4, -0.2) is 25.8 Å². The van der Waals surface area contributed by atoms with Gasteiger partial charge in [0.15, 0.2) is 5.82 Å². The molecular formula is C11H14N6. The van der Waals surface area contributed by atoms with Crippen LogP contribution in [-0.2, 0) is 0 Å². The summed E-state index contributed by atoms with van der Waals surface area (Å²) in [4.78, 5) is 8.41. The van der Waals surface area contributed by atoms with E-state index in [2.05, 4.69) is 20.4 Å². The van der Waals surface area contributed by atoms with Crippen molar-refractivity contribution in [1.82, 2.24) is 19.7 Å². The van der Waals surface area contributed by atoms with Crippen LogP contribution >= 0.6 is 0 Å².